The van der Waals surface area contributed by atoms with Crippen LogP contribution in [0.4, 0.5) is 0 Å². The van der Waals surface area contributed by atoms with Crippen LogP contribution in [-0.4, -0.2) is 32.4 Å². The van der Waals surface area contributed by atoms with Gasteiger partial charge in [0, 0.05) is 31.3 Å². The summed E-state index contributed by atoms with van der Waals surface area (Å²) in [6, 6.07) is 11.5. The van der Waals surface area contributed by atoms with E-state index < -0.39 is 0 Å². The Labute approximate surface area is 130 Å². The summed E-state index contributed by atoms with van der Waals surface area (Å²) < 4.78 is 12.2. The van der Waals surface area contributed by atoms with Crippen molar-refractivity contribution in [2.75, 3.05) is 27.9 Å². The van der Waals surface area contributed by atoms with E-state index in [-0.39, 0.29) is 5.56 Å². The Morgan fingerprint density at radius 3 is 2.68 bits per heavy atom. The molecule has 0 fully saturated rings. The molecule has 0 bridgehead atoms. The molecule has 1 aromatic carbocycles. The smallest absolute Gasteiger partial charge is 0.255 e. The van der Waals surface area contributed by atoms with Gasteiger partial charge >= 0.3 is 0 Å². The zero-order valence-electron chi connectivity index (χ0n) is 13.3. The molecular formula is C17H22N2O3. The number of nitrogens with one attached hydrogen (secondary N) is 1. The molecule has 0 aliphatic heterocycles. The summed E-state index contributed by atoms with van der Waals surface area (Å²) in [5.41, 5.74) is 2.56. The third-order valence-corrected chi connectivity index (χ3v) is 3.50. The topological polar surface area (TPSA) is 52.5 Å². The third kappa shape index (κ3) is 3.55. The van der Waals surface area contributed by atoms with Crippen molar-refractivity contribution in [3.05, 3.63) is 52.3 Å². The van der Waals surface area contributed by atoms with Crippen molar-refractivity contribution in [1.29, 1.82) is 0 Å². The van der Waals surface area contributed by atoms with Gasteiger partial charge in [0.25, 0.3) is 5.56 Å². The number of aromatic nitrogens is 1. The second-order valence-corrected chi connectivity index (χ2v) is 4.96. The maximum atomic E-state index is 12.6. The Morgan fingerprint density at radius 1 is 1.18 bits per heavy atom. The standard InChI is InChI=1S/C17H22N2O3/c1-18-12-14-7-8-16(19(17(14)20)9-10-21-2)13-5-4-6-15(11-13)22-3/h4-8,11,18H,9-10,12H2,1-3H3. The molecule has 0 amide bonds. The molecule has 0 radical (unpaired) electrons. The maximum Gasteiger partial charge on any atom is 0.255 e. The molecule has 22 heavy (non-hydrogen) atoms. The fourth-order valence-corrected chi connectivity index (χ4v) is 2.39. The lowest BCUT2D eigenvalue weighted by molar-refractivity contribution is 0.186. The summed E-state index contributed by atoms with van der Waals surface area (Å²) in [6.45, 7) is 1.55. The summed E-state index contributed by atoms with van der Waals surface area (Å²) in [7, 11) is 5.09. The molecule has 1 N–H and O–H groups in total. The van der Waals surface area contributed by atoms with Gasteiger partial charge in [-0.05, 0) is 25.2 Å². The van der Waals surface area contributed by atoms with Gasteiger partial charge in [-0.1, -0.05) is 18.2 Å². The van der Waals surface area contributed by atoms with Crippen molar-refractivity contribution in [3.8, 4) is 17.0 Å². The van der Waals surface area contributed by atoms with E-state index in [4.69, 9.17) is 9.47 Å². The van der Waals surface area contributed by atoms with E-state index in [1.54, 1.807) is 18.8 Å². The van der Waals surface area contributed by atoms with Gasteiger partial charge in [-0.25, -0.2) is 0 Å². The second-order valence-electron chi connectivity index (χ2n) is 4.96. The zero-order valence-corrected chi connectivity index (χ0v) is 13.3. The monoisotopic (exact) mass is 302 g/mol. The minimum Gasteiger partial charge on any atom is -0.497 e. The van der Waals surface area contributed by atoms with E-state index in [9.17, 15) is 4.79 Å². The number of benzene rings is 1. The normalized spacial score (nSPS) is 10.7. The van der Waals surface area contributed by atoms with Crippen molar-refractivity contribution in [1.82, 2.24) is 9.88 Å². The first kappa shape index (κ1) is 16.3. The molecule has 0 atom stereocenters. The highest BCUT2D eigenvalue weighted by Gasteiger charge is 2.10. The van der Waals surface area contributed by atoms with E-state index in [1.807, 2.05) is 43.4 Å². The van der Waals surface area contributed by atoms with Gasteiger partial charge < -0.3 is 19.4 Å². The van der Waals surface area contributed by atoms with Crippen molar-refractivity contribution in [2.24, 2.45) is 0 Å². The summed E-state index contributed by atoms with van der Waals surface area (Å²) in [6.07, 6.45) is 0. The van der Waals surface area contributed by atoms with Gasteiger partial charge in [0.05, 0.1) is 19.4 Å². The van der Waals surface area contributed by atoms with E-state index >= 15 is 0 Å². The van der Waals surface area contributed by atoms with E-state index in [1.165, 1.54) is 0 Å². The van der Waals surface area contributed by atoms with Gasteiger partial charge in [-0.15, -0.1) is 0 Å². The predicted molar refractivity (Wildman–Crippen MR) is 87.3 cm³/mol. The van der Waals surface area contributed by atoms with Gasteiger partial charge in [0.1, 0.15) is 5.75 Å². The molecule has 0 saturated heterocycles. The van der Waals surface area contributed by atoms with E-state index in [0.29, 0.717) is 19.7 Å². The molecular weight excluding hydrogens is 280 g/mol. The molecule has 5 nitrogen and oxygen atoms in total. The number of ether oxygens (including phenoxy) is 2. The lowest BCUT2D eigenvalue weighted by atomic mass is 10.1. The maximum absolute atomic E-state index is 12.6. The van der Waals surface area contributed by atoms with Gasteiger partial charge in [0.2, 0.25) is 0 Å². The van der Waals surface area contributed by atoms with Crippen LogP contribution < -0.4 is 15.6 Å². The number of nitrogens with zero attached hydrogens (tertiary/aromatic N) is 1. The molecule has 2 aromatic rings. The minimum atomic E-state index is 0.00622. The van der Waals surface area contributed by atoms with Crippen LogP contribution in [0.5, 0.6) is 5.75 Å². The van der Waals surface area contributed by atoms with Crippen LogP contribution in [-0.2, 0) is 17.8 Å². The number of pyridine rings is 1. The Hall–Kier alpha value is -2.11. The van der Waals surface area contributed by atoms with Gasteiger partial charge in [-0.3, -0.25) is 4.79 Å². The fraction of sp³-hybridized carbons (Fsp3) is 0.353. The van der Waals surface area contributed by atoms with Crippen molar-refractivity contribution in [3.63, 3.8) is 0 Å². The van der Waals surface area contributed by atoms with Crippen LogP contribution in [0.25, 0.3) is 11.3 Å². The molecule has 0 unspecified atom stereocenters. The highest BCUT2D eigenvalue weighted by Crippen LogP contribution is 2.23. The number of hydrogen-bond acceptors (Lipinski definition) is 4. The summed E-state index contributed by atoms with van der Waals surface area (Å²) in [5, 5.41) is 3.02. The summed E-state index contributed by atoms with van der Waals surface area (Å²) in [5.74, 6) is 0.766. The molecule has 0 aliphatic rings. The van der Waals surface area contributed by atoms with Crippen LogP contribution in [0.3, 0.4) is 0 Å². The molecule has 0 saturated carbocycles. The van der Waals surface area contributed by atoms with E-state index in [0.717, 1.165) is 22.6 Å². The first-order chi connectivity index (χ1) is 10.7. The van der Waals surface area contributed by atoms with Crippen molar-refractivity contribution in [2.45, 2.75) is 13.1 Å². The van der Waals surface area contributed by atoms with Crippen LogP contribution in [0.1, 0.15) is 5.56 Å². The zero-order chi connectivity index (χ0) is 15.9. The molecule has 2 rings (SSSR count). The molecule has 1 aromatic heterocycles. The summed E-state index contributed by atoms with van der Waals surface area (Å²) in [4.78, 5) is 12.6. The highest BCUT2D eigenvalue weighted by atomic mass is 16.5. The molecule has 118 valence electrons. The second kappa shape index (κ2) is 7.77. The Bertz CT molecular complexity index is 680. The first-order valence-electron chi connectivity index (χ1n) is 7.22. The van der Waals surface area contributed by atoms with Crippen LogP contribution in [0, 0.1) is 0 Å². The Balaban J connectivity index is 2.53. The van der Waals surface area contributed by atoms with Crippen LogP contribution in [0.15, 0.2) is 41.2 Å². The number of hydrogen-bond donors (Lipinski definition) is 1. The highest BCUT2D eigenvalue weighted by molar-refractivity contribution is 5.62. The Kier molecular flexibility index (Phi) is 5.75. The number of methoxy groups -OCH3 is 2. The summed E-state index contributed by atoms with van der Waals surface area (Å²) >= 11 is 0. The van der Waals surface area contributed by atoms with E-state index in [2.05, 4.69) is 5.32 Å². The quantitative estimate of drug-likeness (QED) is 0.848. The molecule has 0 spiro atoms. The molecule has 5 heteroatoms. The van der Waals surface area contributed by atoms with Gasteiger partial charge in [-0.2, -0.15) is 0 Å². The fourth-order valence-electron chi connectivity index (χ4n) is 2.39. The molecule has 1 heterocycles. The van der Waals surface area contributed by atoms with Crippen molar-refractivity contribution >= 4 is 0 Å². The lowest BCUT2D eigenvalue weighted by Crippen LogP contribution is -2.28. The number of rotatable bonds is 7. The van der Waals surface area contributed by atoms with Crippen LogP contribution >= 0.6 is 0 Å². The largest absolute Gasteiger partial charge is 0.497 e. The van der Waals surface area contributed by atoms with Crippen molar-refractivity contribution < 1.29 is 9.47 Å². The minimum absolute atomic E-state index is 0.00622. The van der Waals surface area contributed by atoms with Crippen LogP contribution in [0.2, 0.25) is 0 Å². The Morgan fingerprint density at radius 2 is 2.00 bits per heavy atom. The predicted octanol–water partition coefficient (Wildman–Crippen LogP) is 1.89. The lowest BCUT2D eigenvalue weighted by Gasteiger charge is -2.15. The first-order valence-corrected chi connectivity index (χ1v) is 7.22. The third-order valence-electron chi connectivity index (χ3n) is 3.50. The SMILES string of the molecule is CNCc1ccc(-c2cccc(OC)c2)n(CCOC)c1=O. The average molecular weight is 302 g/mol. The average Bonchev–Trinajstić information content (AvgIpc) is 2.55. The van der Waals surface area contributed by atoms with Gasteiger partial charge in [0.15, 0.2) is 0 Å². The molecule has 0 aliphatic carbocycles.